The molecule has 1 aromatic rings. The van der Waals surface area contributed by atoms with Gasteiger partial charge in [-0.3, -0.25) is 0 Å². The van der Waals surface area contributed by atoms with Gasteiger partial charge in [0.15, 0.2) is 5.79 Å². The van der Waals surface area contributed by atoms with Crippen molar-refractivity contribution < 1.29 is 24.1 Å². The summed E-state index contributed by atoms with van der Waals surface area (Å²) in [7, 11) is 0. The summed E-state index contributed by atoms with van der Waals surface area (Å²) in [6.07, 6.45) is 12.6. The molecule has 0 bridgehead atoms. The minimum atomic E-state index is -0.436. The van der Waals surface area contributed by atoms with Gasteiger partial charge in [-0.2, -0.15) is 0 Å². The van der Waals surface area contributed by atoms with Crippen molar-refractivity contribution in [2.24, 2.45) is 52.3 Å². The maximum absolute atomic E-state index is 13.5. The fourth-order valence-electron chi connectivity index (χ4n) is 10.4. The van der Waals surface area contributed by atoms with Gasteiger partial charge in [0.2, 0.25) is 0 Å². The van der Waals surface area contributed by atoms with Gasteiger partial charge in [0.05, 0.1) is 24.9 Å². The van der Waals surface area contributed by atoms with Crippen LogP contribution >= 0.6 is 0 Å². The predicted molar refractivity (Wildman–Crippen MR) is 160 cm³/mol. The number of hydrogen-bond acceptors (Lipinski definition) is 5. The van der Waals surface area contributed by atoms with Crippen molar-refractivity contribution in [2.45, 2.75) is 104 Å². The third-order valence-corrected chi connectivity index (χ3v) is 12.7. The minimum absolute atomic E-state index is 0.0840. The molecule has 0 amide bonds. The summed E-state index contributed by atoms with van der Waals surface area (Å²) in [5.41, 5.74) is 1.07. The largest absolute Gasteiger partial charge is 0.458 e. The highest BCUT2D eigenvalue weighted by molar-refractivity contribution is 5.89. The number of benzene rings is 1. The molecular weight excluding hydrogens is 512 g/mol. The van der Waals surface area contributed by atoms with E-state index in [1.165, 1.54) is 25.7 Å². The average Bonchev–Trinajstić information content (AvgIpc) is 3.56. The summed E-state index contributed by atoms with van der Waals surface area (Å²) in [6, 6.07) is 9.53. The summed E-state index contributed by atoms with van der Waals surface area (Å²) in [5.74, 6) is 2.49. The van der Waals surface area contributed by atoms with Crippen LogP contribution in [0.3, 0.4) is 0 Å². The van der Waals surface area contributed by atoms with Gasteiger partial charge < -0.3 is 19.3 Å². The van der Waals surface area contributed by atoms with Crippen molar-refractivity contribution in [3.8, 4) is 0 Å². The second kappa shape index (κ2) is 11.1. The van der Waals surface area contributed by atoms with Crippen LogP contribution in [0.1, 0.15) is 96.3 Å². The Morgan fingerprint density at radius 3 is 2.37 bits per heavy atom. The molecule has 0 aromatic heterocycles. The molecule has 5 heteroatoms. The number of ether oxygens (including phenoxy) is 3. The molecular formula is C36H52O5. The van der Waals surface area contributed by atoms with Crippen LogP contribution in [0.4, 0.5) is 0 Å². The van der Waals surface area contributed by atoms with E-state index >= 15 is 0 Å². The van der Waals surface area contributed by atoms with E-state index in [9.17, 15) is 9.90 Å². The monoisotopic (exact) mass is 564 g/mol. The number of carbonyl (C=O) groups is 1. The zero-order chi connectivity index (χ0) is 29.0. The zero-order valence-electron chi connectivity index (χ0n) is 25.9. The van der Waals surface area contributed by atoms with Crippen LogP contribution in [0.15, 0.2) is 42.5 Å². The third-order valence-electron chi connectivity index (χ3n) is 12.7. The van der Waals surface area contributed by atoms with E-state index in [0.717, 1.165) is 25.7 Å². The van der Waals surface area contributed by atoms with Crippen molar-refractivity contribution in [3.05, 3.63) is 48.0 Å². The normalized spacial score (nSPS) is 41.1. The SMILES string of the molecule is CC(C)[C@H](O)/C=C/[C@@H](C)[C@H]1CC[C@H]2[C@@H]3[C@H](OC(=O)c4ccccc4)C[C@H]4CC5(CC[C@]4(C)[C@H]3CC[C@]12C)OCCO5. The number of fused-ring (bicyclic) bond motifs is 5. The number of esters is 1. The molecule has 1 aromatic carbocycles. The van der Waals surface area contributed by atoms with E-state index in [-0.39, 0.29) is 28.8 Å². The molecule has 5 fully saturated rings. The first kappa shape index (κ1) is 29.4. The Kier molecular flexibility index (Phi) is 7.96. The molecule has 5 aliphatic rings. The van der Waals surface area contributed by atoms with Gasteiger partial charge in [0.1, 0.15) is 6.10 Å². The topological polar surface area (TPSA) is 65.0 Å². The van der Waals surface area contributed by atoms with Gasteiger partial charge in [0.25, 0.3) is 0 Å². The molecule has 226 valence electrons. The Morgan fingerprint density at radius 1 is 0.951 bits per heavy atom. The molecule has 1 spiro atoms. The molecule has 1 saturated heterocycles. The van der Waals surface area contributed by atoms with Crippen molar-refractivity contribution in [2.75, 3.05) is 13.2 Å². The lowest BCUT2D eigenvalue weighted by molar-refractivity contribution is -0.242. The first-order valence-electron chi connectivity index (χ1n) is 16.5. The second-order valence-electron chi connectivity index (χ2n) is 15.1. The fourth-order valence-corrected chi connectivity index (χ4v) is 10.4. The van der Waals surface area contributed by atoms with Crippen LogP contribution < -0.4 is 0 Å². The number of rotatable bonds is 6. The molecule has 4 aliphatic carbocycles. The van der Waals surface area contributed by atoms with Crippen LogP contribution in [-0.4, -0.2) is 42.3 Å². The number of hydrogen-bond donors (Lipinski definition) is 1. The van der Waals surface area contributed by atoms with Crippen molar-refractivity contribution in [1.82, 2.24) is 0 Å². The Bertz CT molecular complexity index is 1110. The summed E-state index contributed by atoms with van der Waals surface area (Å²) in [4.78, 5) is 13.5. The van der Waals surface area contributed by atoms with Crippen LogP contribution in [-0.2, 0) is 14.2 Å². The summed E-state index contributed by atoms with van der Waals surface area (Å²) in [6.45, 7) is 12.9. The summed E-state index contributed by atoms with van der Waals surface area (Å²) >= 11 is 0. The molecule has 5 nitrogen and oxygen atoms in total. The summed E-state index contributed by atoms with van der Waals surface area (Å²) in [5, 5.41) is 10.4. The fraction of sp³-hybridized carbons (Fsp3) is 0.750. The van der Waals surface area contributed by atoms with Crippen LogP contribution in [0, 0.1) is 52.3 Å². The number of aliphatic hydroxyl groups excluding tert-OH is 1. The first-order chi connectivity index (χ1) is 19.6. The molecule has 1 N–H and O–H groups in total. The minimum Gasteiger partial charge on any atom is -0.458 e. The highest BCUT2D eigenvalue weighted by atomic mass is 16.7. The van der Waals surface area contributed by atoms with Crippen LogP contribution in [0.5, 0.6) is 0 Å². The highest BCUT2D eigenvalue weighted by Crippen LogP contribution is 2.69. The molecule has 0 radical (unpaired) electrons. The van der Waals surface area contributed by atoms with Gasteiger partial charge >= 0.3 is 5.97 Å². The van der Waals surface area contributed by atoms with Crippen molar-refractivity contribution in [1.29, 1.82) is 0 Å². The summed E-state index contributed by atoms with van der Waals surface area (Å²) < 4.78 is 19.0. The molecule has 1 heterocycles. The van der Waals surface area contributed by atoms with Gasteiger partial charge in [-0.25, -0.2) is 4.79 Å². The van der Waals surface area contributed by atoms with E-state index in [1.807, 2.05) is 36.4 Å². The molecule has 1 aliphatic heterocycles. The Morgan fingerprint density at radius 2 is 1.66 bits per heavy atom. The smallest absolute Gasteiger partial charge is 0.338 e. The lowest BCUT2D eigenvalue weighted by Crippen LogP contribution is -2.60. The third kappa shape index (κ3) is 5.12. The quantitative estimate of drug-likeness (QED) is 0.287. The molecule has 10 atom stereocenters. The Labute approximate surface area is 247 Å². The van der Waals surface area contributed by atoms with Gasteiger partial charge in [-0.05, 0) is 97.0 Å². The van der Waals surface area contributed by atoms with E-state index < -0.39 is 11.9 Å². The van der Waals surface area contributed by atoms with Gasteiger partial charge in [-0.15, -0.1) is 0 Å². The Balaban J connectivity index is 1.30. The zero-order valence-corrected chi connectivity index (χ0v) is 25.9. The average molecular weight is 565 g/mol. The van der Waals surface area contributed by atoms with E-state index in [4.69, 9.17) is 14.2 Å². The molecule has 6 rings (SSSR count). The molecule has 4 saturated carbocycles. The number of aliphatic hydroxyl groups is 1. The number of carbonyl (C=O) groups excluding carboxylic acids is 1. The van der Waals surface area contributed by atoms with Crippen molar-refractivity contribution >= 4 is 5.97 Å². The number of allylic oxidation sites excluding steroid dienone is 1. The highest BCUT2D eigenvalue weighted by Gasteiger charge is 2.65. The first-order valence-corrected chi connectivity index (χ1v) is 16.5. The van der Waals surface area contributed by atoms with E-state index in [2.05, 4.69) is 40.7 Å². The lowest BCUT2D eigenvalue weighted by Gasteiger charge is -2.63. The molecule has 41 heavy (non-hydrogen) atoms. The predicted octanol–water partition coefficient (Wildman–Crippen LogP) is 7.43. The molecule has 0 unspecified atom stereocenters. The van der Waals surface area contributed by atoms with Crippen LogP contribution in [0.2, 0.25) is 0 Å². The van der Waals surface area contributed by atoms with E-state index in [0.29, 0.717) is 54.3 Å². The lowest BCUT2D eigenvalue weighted by atomic mass is 9.43. The Hall–Kier alpha value is -1.69. The van der Waals surface area contributed by atoms with Crippen molar-refractivity contribution in [3.63, 3.8) is 0 Å². The second-order valence-corrected chi connectivity index (χ2v) is 15.1. The van der Waals surface area contributed by atoms with Crippen LogP contribution in [0.25, 0.3) is 0 Å². The standard InChI is InChI=1S/C36H52O5/c1-23(2)30(37)14-11-24(3)27-12-13-28-32-29(15-16-35(27,28)5)34(4)17-18-36(39-19-20-40-36)22-26(34)21-31(32)41-33(38)25-9-7-6-8-10-25/h6-11,14,23-24,26-32,37H,12-13,15-22H2,1-5H3/b14-11+/t24-,26+,27-,28+,29+,30-,31-,32+,34+,35-/m1/s1. The van der Waals surface area contributed by atoms with Gasteiger partial charge in [0, 0.05) is 18.8 Å². The van der Waals surface area contributed by atoms with Gasteiger partial charge in [-0.1, -0.05) is 65.0 Å². The van der Waals surface area contributed by atoms with E-state index in [1.54, 1.807) is 0 Å². The maximum Gasteiger partial charge on any atom is 0.338 e. The maximum atomic E-state index is 13.5.